The van der Waals surface area contributed by atoms with Crippen LogP contribution in [0, 0.1) is 18.8 Å². The van der Waals surface area contributed by atoms with E-state index in [9.17, 15) is 8.42 Å². The van der Waals surface area contributed by atoms with Gasteiger partial charge in [-0.3, -0.25) is 0 Å². The summed E-state index contributed by atoms with van der Waals surface area (Å²) in [7, 11) is -3.25. The van der Waals surface area contributed by atoms with E-state index >= 15 is 0 Å². The summed E-state index contributed by atoms with van der Waals surface area (Å²) in [6, 6.07) is 17.6. The molecule has 0 spiro atoms. The number of ether oxygens (including phenoxy) is 1. The Labute approximate surface area is 150 Å². The number of rotatable bonds is 6. The molecule has 0 bridgehead atoms. The van der Waals surface area contributed by atoms with Gasteiger partial charge in [0.25, 0.3) is 0 Å². The van der Waals surface area contributed by atoms with E-state index in [1.54, 1.807) is 12.1 Å². The van der Waals surface area contributed by atoms with Crippen LogP contribution in [0.25, 0.3) is 0 Å². The van der Waals surface area contributed by atoms with Gasteiger partial charge in [0.15, 0.2) is 0 Å². The molecule has 0 saturated carbocycles. The predicted molar refractivity (Wildman–Crippen MR) is 97.7 cm³/mol. The van der Waals surface area contributed by atoms with Gasteiger partial charge in [-0.05, 0) is 0 Å². The molecule has 3 nitrogen and oxygen atoms in total. The third-order valence-electron chi connectivity index (χ3n) is 4.35. The van der Waals surface area contributed by atoms with Crippen molar-refractivity contribution in [3.8, 4) is 0 Å². The van der Waals surface area contributed by atoms with Crippen molar-refractivity contribution < 1.29 is 13.2 Å². The van der Waals surface area contributed by atoms with Crippen molar-refractivity contribution in [3.05, 3.63) is 60.2 Å². The molecule has 2 atom stereocenters. The molecule has 0 radical (unpaired) electrons. The zero-order chi connectivity index (χ0) is 17.0. The standard InChI is InChI=1S/C19H22O3SSe/c1-15-7-9-18(10-8-15)23(20,21)13-16-11-22-12-17(16)14-24-19-5-3-2-4-6-19/h2-10,16-17H,11-14H2,1H3. The summed E-state index contributed by atoms with van der Waals surface area (Å²) < 4.78 is 32.3. The van der Waals surface area contributed by atoms with Gasteiger partial charge < -0.3 is 0 Å². The van der Waals surface area contributed by atoms with Gasteiger partial charge in [-0.1, -0.05) is 0 Å². The summed E-state index contributed by atoms with van der Waals surface area (Å²) in [6.07, 6.45) is 0. The molecule has 0 N–H and O–H groups in total. The summed E-state index contributed by atoms with van der Waals surface area (Å²) in [5.41, 5.74) is 1.07. The van der Waals surface area contributed by atoms with Crippen LogP contribution in [0.5, 0.6) is 0 Å². The van der Waals surface area contributed by atoms with Crippen molar-refractivity contribution in [2.24, 2.45) is 11.8 Å². The van der Waals surface area contributed by atoms with E-state index in [2.05, 4.69) is 24.3 Å². The molecule has 2 unspecified atom stereocenters. The zero-order valence-electron chi connectivity index (χ0n) is 13.7. The molecule has 1 fully saturated rings. The minimum atomic E-state index is -3.25. The second-order valence-electron chi connectivity index (χ2n) is 6.28. The summed E-state index contributed by atoms with van der Waals surface area (Å²) in [5, 5.41) is 1.03. The minimum absolute atomic E-state index is 0.0990. The van der Waals surface area contributed by atoms with Crippen LogP contribution < -0.4 is 4.46 Å². The molecule has 1 heterocycles. The summed E-state index contributed by atoms with van der Waals surface area (Å²) in [4.78, 5) is 0.423. The van der Waals surface area contributed by atoms with E-state index in [1.165, 1.54) is 4.46 Å². The summed E-state index contributed by atoms with van der Waals surface area (Å²) in [5.74, 6) is 0.623. The number of hydrogen-bond donors (Lipinski definition) is 0. The summed E-state index contributed by atoms with van der Waals surface area (Å²) >= 11 is 0.367. The van der Waals surface area contributed by atoms with Gasteiger partial charge in [-0.15, -0.1) is 0 Å². The SMILES string of the molecule is Cc1ccc(S(=O)(=O)CC2COCC2C[Se]c2ccccc2)cc1. The number of aryl methyl sites for hydroxylation is 1. The molecule has 1 aliphatic heterocycles. The normalized spacial score (nSPS) is 21.0. The molecule has 5 heteroatoms. The van der Waals surface area contributed by atoms with Crippen molar-refractivity contribution in [1.82, 2.24) is 0 Å². The topological polar surface area (TPSA) is 43.4 Å². The van der Waals surface area contributed by atoms with E-state index in [0.717, 1.165) is 10.9 Å². The first-order chi connectivity index (χ1) is 11.5. The van der Waals surface area contributed by atoms with Crippen molar-refractivity contribution in [3.63, 3.8) is 0 Å². The van der Waals surface area contributed by atoms with Gasteiger partial charge >= 0.3 is 151 Å². The van der Waals surface area contributed by atoms with Crippen molar-refractivity contribution >= 4 is 29.3 Å². The molecule has 128 valence electrons. The van der Waals surface area contributed by atoms with Gasteiger partial charge in [0.05, 0.1) is 0 Å². The molecule has 1 aliphatic rings. The third kappa shape index (κ3) is 4.48. The van der Waals surface area contributed by atoms with Gasteiger partial charge in [-0.2, -0.15) is 0 Å². The Hall–Kier alpha value is -1.13. The van der Waals surface area contributed by atoms with Crippen LogP contribution in [0.1, 0.15) is 5.56 Å². The van der Waals surface area contributed by atoms with Crippen LogP contribution in [-0.2, 0) is 14.6 Å². The fraction of sp³-hybridized carbons (Fsp3) is 0.368. The fourth-order valence-electron chi connectivity index (χ4n) is 2.85. The van der Waals surface area contributed by atoms with E-state index in [-0.39, 0.29) is 11.7 Å². The van der Waals surface area contributed by atoms with Crippen LogP contribution in [0.4, 0.5) is 0 Å². The second kappa shape index (κ2) is 7.83. The molecular formula is C19H22O3SSe. The monoisotopic (exact) mass is 410 g/mol. The molecule has 24 heavy (non-hydrogen) atoms. The first kappa shape index (κ1) is 17.7. The van der Waals surface area contributed by atoms with Gasteiger partial charge in [0.1, 0.15) is 0 Å². The molecular weight excluding hydrogens is 387 g/mol. The van der Waals surface area contributed by atoms with E-state index in [0.29, 0.717) is 39.0 Å². The number of sulfone groups is 1. The fourth-order valence-corrected chi connectivity index (χ4v) is 6.89. The third-order valence-corrected chi connectivity index (χ3v) is 8.73. The molecule has 2 aromatic carbocycles. The number of benzene rings is 2. The molecule has 0 aliphatic carbocycles. The van der Waals surface area contributed by atoms with Gasteiger partial charge in [0, 0.05) is 0 Å². The Balaban J connectivity index is 1.64. The van der Waals surface area contributed by atoms with Crippen molar-refractivity contribution in [2.45, 2.75) is 17.1 Å². The molecule has 2 aromatic rings. The van der Waals surface area contributed by atoms with Crippen LogP contribution in [0.3, 0.4) is 0 Å². The Morgan fingerprint density at radius 2 is 1.67 bits per heavy atom. The Bertz CT molecular complexity index is 757. The zero-order valence-corrected chi connectivity index (χ0v) is 16.3. The van der Waals surface area contributed by atoms with Crippen molar-refractivity contribution in [1.29, 1.82) is 0 Å². The van der Waals surface area contributed by atoms with Crippen LogP contribution in [-0.4, -0.2) is 42.3 Å². The predicted octanol–water partition coefficient (Wildman–Crippen LogP) is 2.48. The quantitative estimate of drug-likeness (QED) is 0.689. The average Bonchev–Trinajstić information content (AvgIpc) is 3.01. The first-order valence-electron chi connectivity index (χ1n) is 8.09. The van der Waals surface area contributed by atoms with E-state index in [4.69, 9.17) is 4.74 Å². The molecule has 3 rings (SSSR count). The maximum atomic E-state index is 12.7. The molecule has 1 saturated heterocycles. The first-order valence-corrected chi connectivity index (χ1v) is 11.8. The van der Waals surface area contributed by atoms with E-state index in [1.807, 2.05) is 25.1 Å². The van der Waals surface area contributed by atoms with Crippen LogP contribution in [0.2, 0.25) is 5.32 Å². The van der Waals surface area contributed by atoms with Gasteiger partial charge in [0.2, 0.25) is 0 Å². The Kier molecular flexibility index (Phi) is 5.77. The average molecular weight is 409 g/mol. The number of hydrogen-bond acceptors (Lipinski definition) is 3. The second-order valence-corrected chi connectivity index (χ2v) is 10.6. The van der Waals surface area contributed by atoms with Crippen LogP contribution >= 0.6 is 0 Å². The Morgan fingerprint density at radius 1 is 1.00 bits per heavy atom. The van der Waals surface area contributed by atoms with E-state index < -0.39 is 9.84 Å². The Morgan fingerprint density at radius 3 is 2.38 bits per heavy atom. The molecule has 0 aromatic heterocycles. The van der Waals surface area contributed by atoms with Crippen LogP contribution in [0.15, 0.2) is 59.5 Å². The summed E-state index contributed by atoms with van der Waals surface area (Å²) in [6.45, 7) is 3.20. The van der Waals surface area contributed by atoms with Gasteiger partial charge in [-0.25, -0.2) is 0 Å². The van der Waals surface area contributed by atoms with Crippen molar-refractivity contribution in [2.75, 3.05) is 19.0 Å². The maximum absolute atomic E-state index is 12.7. The molecule has 0 amide bonds.